The van der Waals surface area contributed by atoms with Crippen LogP contribution in [0.1, 0.15) is 12.0 Å². The number of benzene rings is 1. The molecule has 1 aromatic carbocycles. The van der Waals surface area contributed by atoms with E-state index in [4.69, 9.17) is 10.00 Å². The summed E-state index contributed by atoms with van der Waals surface area (Å²) in [7, 11) is -0.999. The second-order valence-corrected chi connectivity index (χ2v) is 8.17. The third kappa shape index (κ3) is 7.35. The Balaban J connectivity index is 2.14. The van der Waals surface area contributed by atoms with Crippen molar-refractivity contribution in [2.75, 3.05) is 44.1 Å². The number of rotatable bonds is 10. The van der Waals surface area contributed by atoms with Crippen LogP contribution in [0.4, 0.5) is 30.6 Å². The van der Waals surface area contributed by atoms with Gasteiger partial charge in [-0.15, -0.1) is 0 Å². The van der Waals surface area contributed by atoms with Gasteiger partial charge in [-0.3, -0.25) is 0 Å². The van der Waals surface area contributed by atoms with E-state index in [0.717, 1.165) is 11.1 Å². The van der Waals surface area contributed by atoms with Gasteiger partial charge in [-0.05, 0) is 30.7 Å². The number of methoxy groups -OCH3 is 1. The number of nitrogens with zero attached hydrogens (tertiary/aromatic N) is 4. The fraction of sp³-hybridized carbons (Fsp3) is 0.389. The molecule has 13 heteroatoms. The molecule has 0 amide bonds. The predicted molar refractivity (Wildman–Crippen MR) is 107 cm³/mol. The normalized spacial score (nSPS) is 11.7. The van der Waals surface area contributed by atoms with Crippen molar-refractivity contribution in [2.24, 2.45) is 0 Å². The van der Waals surface area contributed by atoms with Crippen molar-refractivity contribution in [1.29, 1.82) is 5.26 Å². The SMILES string of the molecule is COCCCNS(=O)(=O)c1ccc(Nc2ncc(C#N)c(N(C)CC(F)(F)F)n2)cc1. The van der Waals surface area contributed by atoms with E-state index in [1.807, 2.05) is 0 Å². The monoisotopic (exact) mass is 458 g/mol. The Labute approximate surface area is 177 Å². The Kier molecular flexibility index (Phi) is 8.14. The lowest BCUT2D eigenvalue weighted by atomic mass is 10.3. The Morgan fingerprint density at radius 2 is 1.94 bits per heavy atom. The number of hydrogen-bond acceptors (Lipinski definition) is 8. The van der Waals surface area contributed by atoms with Crippen LogP contribution in [0.25, 0.3) is 0 Å². The number of ether oxygens (including phenoxy) is 1. The molecular formula is C18H21F3N6O3S. The number of halogens is 3. The van der Waals surface area contributed by atoms with E-state index in [9.17, 15) is 21.6 Å². The second kappa shape index (κ2) is 10.4. The summed E-state index contributed by atoms with van der Waals surface area (Å²) in [4.78, 5) is 8.75. The molecule has 0 aliphatic rings. The largest absolute Gasteiger partial charge is 0.405 e. The topological polar surface area (TPSA) is 120 Å². The first-order valence-corrected chi connectivity index (χ1v) is 10.4. The molecule has 9 nitrogen and oxygen atoms in total. The quantitative estimate of drug-likeness (QED) is 0.521. The Morgan fingerprint density at radius 1 is 1.26 bits per heavy atom. The molecule has 168 valence electrons. The van der Waals surface area contributed by atoms with Crippen molar-refractivity contribution in [3.63, 3.8) is 0 Å². The summed E-state index contributed by atoms with van der Waals surface area (Å²) < 4.78 is 69.8. The molecule has 1 aromatic heterocycles. The number of aromatic nitrogens is 2. The van der Waals surface area contributed by atoms with Crippen LogP contribution in [-0.2, 0) is 14.8 Å². The molecule has 0 unspecified atom stereocenters. The van der Waals surface area contributed by atoms with Gasteiger partial charge < -0.3 is 15.0 Å². The minimum atomic E-state index is -4.47. The zero-order valence-corrected chi connectivity index (χ0v) is 17.6. The fourth-order valence-corrected chi connectivity index (χ4v) is 3.57. The molecule has 0 radical (unpaired) electrons. The molecule has 0 saturated heterocycles. The highest BCUT2D eigenvalue weighted by atomic mass is 32.2. The van der Waals surface area contributed by atoms with Crippen LogP contribution in [0.2, 0.25) is 0 Å². The van der Waals surface area contributed by atoms with Gasteiger partial charge in [-0.2, -0.15) is 23.4 Å². The van der Waals surface area contributed by atoms with Gasteiger partial charge in [0, 0.05) is 33.0 Å². The van der Waals surface area contributed by atoms with Crippen LogP contribution in [-0.4, -0.2) is 58.4 Å². The van der Waals surface area contributed by atoms with E-state index in [0.29, 0.717) is 18.7 Å². The molecule has 0 fully saturated rings. The molecule has 0 aliphatic carbocycles. The van der Waals surface area contributed by atoms with Crippen molar-refractivity contribution in [1.82, 2.24) is 14.7 Å². The van der Waals surface area contributed by atoms with E-state index < -0.39 is 22.7 Å². The van der Waals surface area contributed by atoms with Crippen LogP contribution in [0, 0.1) is 11.3 Å². The van der Waals surface area contributed by atoms with Crippen molar-refractivity contribution >= 4 is 27.5 Å². The molecule has 2 N–H and O–H groups in total. The maximum absolute atomic E-state index is 12.7. The van der Waals surface area contributed by atoms with Crippen molar-refractivity contribution in [3.8, 4) is 6.07 Å². The smallest absolute Gasteiger partial charge is 0.385 e. The van der Waals surface area contributed by atoms with Crippen LogP contribution in [0.5, 0.6) is 0 Å². The number of nitriles is 1. The minimum Gasteiger partial charge on any atom is -0.385 e. The first-order chi connectivity index (χ1) is 14.6. The van der Waals surface area contributed by atoms with Crippen LogP contribution >= 0.6 is 0 Å². The summed E-state index contributed by atoms with van der Waals surface area (Å²) in [5.74, 6) is -0.229. The van der Waals surface area contributed by atoms with E-state index in [-0.39, 0.29) is 28.8 Å². The zero-order chi connectivity index (χ0) is 23.1. The van der Waals surface area contributed by atoms with Crippen molar-refractivity contribution in [2.45, 2.75) is 17.5 Å². The standard InChI is InChI=1S/C18H21F3N6O3S/c1-27(12-18(19,20)21)16-13(10-22)11-23-17(26-16)25-14-4-6-15(7-5-14)31(28,29)24-8-3-9-30-2/h4-7,11,24H,3,8-9,12H2,1-2H3,(H,23,25,26). The van der Waals surface area contributed by atoms with E-state index >= 15 is 0 Å². The molecule has 0 spiro atoms. The summed E-state index contributed by atoms with van der Waals surface area (Å²) in [5.41, 5.74) is 0.297. The van der Waals surface area contributed by atoms with Gasteiger partial charge in [0.2, 0.25) is 16.0 Å². The van der Waals surface area contributed by atoms with Gasteiger partial charge in [-0.25, -0.2) is 18.1 Å². The Hall–Kier alpha value is -2.95. The first kappa shape index (κ1) is 24.3. The van der Waals surface area contributed by atoms with Gasteiger partial charge in [0.25, 0.3) is 0 Å². The number of anilines is 3. The molecule has 0 atom stereocenters. The maximum Gasteiger partial charge on any atom is 0.405 e. The predicted octanol–water partition coefficient (Wildman–Crippen LogP) is 2.41. The molecular weight excluding hydrogens is 437 g/mol. The summed E-state index contributed by atoms with van der Waals surface area (Å²) in [6.45, 7) is -0.637. The maximum atomic E-state index is 12.7. The summed E-state index contributed by atoms with van der Waals surface area (Å²) in [5, 5.41) is 11.9. The van der Waals surface area contributed by atoms with E-state index in [1.165, 1.54) is 38.4 Å². The van der Waals surface area contributed by atoms with Gasteiger partial charge in [0.15, 0.2) is 5.82 Å². The lowest BCUT2D eigenvalue weighted by Gasteiger charge is -2.21. The van der Waals surface area contributed by atoms with Crippen LogP contribution in [0.3, 0.4) is 0 Å². The summed E-state index contributed by atoms with van der Waals surface area (Å²) >= 11 is 0. The summed E-state index contributed by atoms with van der Waals surface area (Å²) in [6, 6.07) is 7.41. The highest BCUT2D eigenvalue weighted by molar-refractivity contribution is 7.89. The highest BCUT2D eigenvalue weighted by Crippen LogP contribution is 2.24. The van der Waals surface area contributed by atoms with E-state index in [1.54, 1.807) is 6.07 Å². The summed E-state index contributed by atoms with van der Waals surface area (Å²) in [6.07, 6.45) is -2.84. The number of hydrogen-bond donors (Lipinski definition) is 2. The fourth-order valence-electron chi connectivity index (χ4n) is 2.50. The van der Waals surface area contributed by atoms with Gasteiger partial charge >= 0.3 is 6.18 Å². The Bertz CT molecular complexity index is 1020. The number of sulfonamides is 1. The van der Waals surface area contributed by atoms with Crippen LogP contribution in [0.15, 0.2) is 35.4 Å². The highest BCUT2D eigenvalue weighted by Gasteiger charge is 2.30. The van der Waals surface area contributed by atoms with Gasteiger partial charge in [-0.1, -0.05) is 0 Å². The third-order valence-corrected chi connectivity index (χ3v) is 5.38. The molecule has 31 heavy (non-hydrogen) atoms. The van der Waals surface area contributed by atoms with E-state index in [2.05, 4.69) is 20.0 Å². The zero-order valence-electron chi connectivity index (χ0n) is 16.8. The van der Waals surface area contributed by atoms with Crippen molar-refractivity contribution < 1.29 is 26.3 Å². The first-order valence-electron chi connectivity index (χ1n) is 8.96. The molecule has 1 heterocycles. The lowest BCUT2D eigenvalue weighted by Crippen LogP contribution is -2.32. The van der Waals surface area contributed by atoms with Gasteiger partial charge in [0.05, 0.1) is 11.1 Å². The number of nitrogens with one attached hydrogen (secondary N) is 2. The Morgan fingerprint density at radius 3 is 2.52 bits per heavy atom. The molecule has 0 aliphatic heterocycles. The average Bonchev–Trinajstić information content (AvgIpc) is 2.70. The average molecular weight is 458 g/mol. The van der Waals surface area contributed by atoms with Crippen LogP contribution < -0.4 is 14.9 Å². The third-order valence-electron chi connectivity index (χ3n) is 3.91. The second-order valence-electron chi connectivity index (χ2n) is 6.41. The minimum absolute atomic E-state index is 0.0433. The molecule has 2 aromatic rings. The van der Waals surface area contributed by atoms with Crippen molar-refractivity contribution in [3.05, 3.63) is 36.0 Å². The molecule has 2 rings (SSSR count). The lowest BCUT2D eigenvalue weighted by molar-refractivity contribution is -0.119. The molecule has 0 saturated carbocycles. The number of alkyl halides is 3. The molecule has 0 bridgehead atoms. The van der Waals surface area contributed by atoms with Gasteiger partial charge in [0.1, 0.15) is 18.2 Å².